The molecule has 0 saturated carbocycles. The summed E-state index contributed by atoms with van der Waals surface area (Å²) in [7, 11) is 1.93. The highest BCUT2D eigenvalue weighted by atomic mass is 16.1. The molecule has 1 saturated heterocycles. The minimum Gasteiger partial charge on any atom is -0.357 e. The first-order chi connectivity index (χ1) is 16.5. The van der Waals surface area contributed by atoms with Gasteiger partial charge in [-0.2, -0.15) is 0 Å². The summed E-state index contributed by atoms with van der Waals surface area (Å²) in [5, 5.41) is 0.855. The Labute approximate surface area is 186 Å². The summed E-state index contributed by atoms with van der Waals surface area (Å²) in [6.07, 6.45) is 5.00. The Morgan fingerprint density at radius 1 is 1.10 bits per heavy atom. The number of aromatic nitrogens is 5. The number of ketones is 1. The van der Waals surface area contributed by atoms with Crippen LogP contribution in [-0.4, -0.2) is 43.3 Å². The SMILES string of the molecule is [2H]C1([2H])CCC([2H])([2H])N1c1cc(C(=O)Cc2cc3nc(-c4cnc(C)n4C)ccc3cn2)ccn1. The predicted molar refractivity (Wildman–Crippen MR) is 120 cm³/mol. The van der Waals surface area contributed by atoms with Gasteiger partial charge in [0.25, 0.3) is 0 Å². The standard InChI is InChI=1S/C24H24N6O/c1-16-26-15-22(29(16)2)20-6-5-18-14-27-19(12-21(18)28-20)13-23(31)17-7-8-25-24(11-17)30-9-3-4-10-30/h5-8,11-12,14-15H,3-4,9-10,13H2,1-2H3/i9D2,10D2. The van der Waals surface area contributed by atoms with Crippen molar-refractivity contribution in [3.05, 3.63) is 66.0 Å². The Morgan fingerprint density at radius 3 is 2.71 bits per heavy atom. The van der Waals surface area contributed by atoms with Crippen molar-refractivity contribution in [1.29, 1.82) is 0 Å². The molecule has 0 aromatic carbocycles. The van der Waals surface area contributed by atoms with Crippen LogP contribution in [0.5, 0.6) is 0 Å². The molecule has 0 unspecified atom stereocenters. The minimum absolute atomic E-state index is 0.0237. The van der Waals surface area contributed by atoms with Crippen molar-refractivity contribution in [1.82, 2.24) is 24.5 Å². The highest BCUT2D eigenvalue weighted by Gasteiger charge is 2.16. The van der Waals surface area contributed by atoms with Crippen LogP contribution in [0.25, 0.3) is 22.3 Å². The topological polar surface area (TPSA) is 76.8 Å². The molecule has 1 aliphatic rings. The fraction of sp³-hybridized carbons (Fsp3) is 0.292. The van der Waals surface area contributed by atoms with Gasteiger partial charge in [-0.15, -0.1) is 0 Å². The van der Waals surface area contributed by atoms with Gasteiger partial charge >= 0.3 is 0 Å². The van der Waals surface area contributed by atoms with E-state index >= 15 is 0 Å². The lowest BCUT2D eigenvalue weighted by molar-refractivity contribution is 0.0992. The van der Waals surface area contributed by atoms with E-state index in [1.165, 1.54) is 12.3 Å². The average molecular weight is 417 g/mol. The van der Waals surface area contributed by atoms with Crippen molar-refractivity contribution in [2.24, 2.45) is 7.05 Å². The van der Waals surface area contributed by atoms with E-state index < -0.39 is 13.0 Å². The summed E-state index contributed by atoms with van der Waals surface area (Å²) in [5.74, 6) is 0.765. The summed E-state index contributed by atoms with van der Waals surface area (Å²) in [5.41, 5.74) is 3.26. The largest absolute Gasteiger partial charge is 0.357 e. The Hall–Kier alpha value is -3.61. The summed E-state index contributed by atoms with van der Waals surface area (Å²) < 4.78 is 34.6. The van der Waals surface area contributed by atoms with Crippen molar-refractivity contribution < 1.29 is 10.3 Å². The fourth-order valence-corrected chi connectivity index (χ4v) is 3.57. The molecule has 156 valence electrons. The number of anilines is 1. The van der Waals surface area contributed by atoms with Crippen LogP contribution in [0.2, 0.25) is 0 Å². The summed E-state index contributed by atoms with van der Waals surface area (Å²) >= 11 is 0. The van der Waals surface area contributed by atoms with E-state index in [1.54, 1.807) is 24.5 Å². The maximum Gasteiger partial charge on any atom is 0.169 e. The highest BCUT2D eigenvalue weighted by Crippen LogP contribution is 2.23. The molecule has 4 aromatic rings. The molecule has 1 fully saturated rings. The van der Waals surface area contributed by atoms with E-state index in [-0.39, 0.29) is 30.9 Å². The van der Waals surface area contributed by atoms with Gasteiger partial charge in [-0.25, -0.2) is 15.0 Å². The second-order valence-electron chi connectivity index (χ2n) is 7.47. The zero-order valence-electron chi connectivity index (χ0n) is 21.3. The van der Waals surface area contributed by atoms with Crippen LogP contribution in [0.3, 0.4) is 0 Å². The number of rotatable bonds is 5. The lowest BCUT2D eigenvalue weighted by Crippen LogP contribution is -2.19. The minimum atomic E-state index is -1.88. The molecule has 0 aliphatic carbocycles. The Bertz CT molecular complexity index is 1440. The summed E-state index contributed by atoms with van der Waals surface area (Å²) in [4.78, 5) is 31.7. The molecular formula is C24H24N6O. The number of hydrogen-bond donors (Lipinski definition) is 0. The number of imidazole rings is 1. The number of pyridine rings is 3. The van der Waals surface area contributed by atoms with Crippen LogP contribution >= 0.6 is 0 Å². The van der Waals surface area contributed by atoms with Gasteiger partial charge in [-0.05, 0) is 50.1 Å². The van der Waals surface area contributed by atoms with Crippen molar-refractivity contribution in [3.8, 4) is 11.4 Å². The van der Waals surface area contributed by atoms with Crippen LogP contribution in [0.1, 0.15) is 40.2 Å². The smallest absolute Gasteiger partial charge is 0.169 e. The molecule has 0 amide bonds. The molecule has 7 heteroatoms. The Balaban J connectivity index is 1.42. The third-order valence-corrected chi connectivity index (χ3v) is 5.42. The van der Waals surface area contributed by atoms with Crippen LogP contribution in [-0.2, 0) is 13.5 Å². The first-order valence-electron chi connectivity index (χ1n) is 12.1. The van der Waals surface area contributed by atoms with E-state index in [0.717, 1.165) is 27.5 Å². The first kappa shape index (κ1) is 15.2. The van der Waals surface area contributed by atoms with Crippen LogP contribution < -0.4 is 4.90 Å². The molecule has 0 spiro atoms. The zero-order chi connectivity index (χ0) is 25.0. The maximum atomic E-state index is 13.1. The van der Waals surface area contributed by atoms with Gasteiger partial charge in [-0.3, -0.25) is 9.78 Å². The van der Waals surface area contributed by atoms with Gasteiger partial charge in [-0.1, -0.05) is 0 Å². The van der Waals surface area contributed by atoms with Crippen LogP contribution in [0.15, 0.2) is 48.9 Å². The number of carbonyl (C=O) groups is 1. The van der Waals surface area contributed by atoms with E-state index in [4.69, 9.17) is 10.5 Å². The third-order valence-electron chi connectivity index (χ3n) is 5.42. The predicted octanol–water partition coefficient (Wildman–Crippen LogP) is 3.76. The molecule has 7 nitrogen and oxygen atoms in total. The molecule has 0 bridgehead atoms. The van der Waals surface area contributed by atoms with E-state index in [2.05, 4.69) is 15.0 Å². The van der Waals surface area contributed by atoms with E-state index in [9.17, 15) is 4.79 Å². The van der Waals surface area contributed by atoms with Crippen molar-refractivity contribution in [3.63, 3.8) is 0 Å². The fourth-order valence-electron chi connectivity index (χ4n) is 3.57. The number of aryl methyl sites for hydroxylation is 1. The van der Waals surface area contributed by atoms with Gasteiger partial charge in [0.05, 0.1) is 35.2 Å². The molecule has 5 heterocycles. The monoisotopic (exact) mass is 416 g/mol. The number of Topliss-reactive ketones (excluding diaryl/α,β-unsaturated/α-hetero) is 1. The Morgan fingerprint density at radius 2 is 1.94 bits per heavy atom. The molecule has 1 aliphatic heterocycles. The second kappa shape index (κ2) is 7.91. The second-order valence-corrected chi connectivity index (χ2v) is 7.47. The van der Waals surface area contributed by atoms with Gasteiger partial charge in [0, 0.05) is 48.9 Å². The van der Waals surface area contributed by atoms with E-state index in [0.29, 0.717) is 16.8 Å². The normalized spacial score (nSPS) is 19.0. The number of hydrogen-bond acceptors (Lipinski definition) is 6. The van der Waals surface area contributed by atoms with Gasteiger partial charge in [0.15, 0.2) is 5.78 Å². The van der Waals surface area contributed by atoms with Gasteiger partial charge < -0.3 is 9.47 Å². The quantitative estimate of drug-likeness (QED) is 0.461. The molecule has 31 heavy (non-hydrogen) atoms. The van der Waals surface area contributed by atoms with Gasteiger partial charge in [0.1, 0.15) is 11.6 Å². The molecule has 0 N–H and O–H groups in total. The molecule has 0 radical (unpaired) electrons. The number of fused-ring (bicyclic) bond motifs is 1. The van der Waals surface area contributed by atoms with E-state index in [1.807, 2.05) is 30.7 Å². The average Bonchev–Trinajstić information content (AvgIpc) is 3.26. The van der Waals surface area contributed by atoms with Crippen LogP contribution in [0.4, 0.5) is 5.82 Å². The lowest BCUT2D eigenvalue weighted by Gasteiger charge is -2.16. The zero-order valence-corrected chi connectivity index (χ0v) is 17.3. The molecule has 0 atom stereocenters. The molecule has 5 rings (SSSR count). The summed E-state index contributed by atoms with van der Waals surface area (Å²) in [6, 6.07) is 8.64. The van der Waals surface area contributed by atoms with Crippen molar-refractivity contribution in [2.45, 2.75) is 26.2 Å². The molecule has 4 aromatic heterocycles. The number of nitrogens with zero attached hydrogens (tertiary/aromatic N) is 6. The Kier molecular flexibility index (Phi) is 3.88. The molecular weight excluding hydrogens is 388 g/mol. The van der Waals surface area contributed by atoms with Crippen molar-refractivity contribution in [2.75, 3.05) is 17.9 Å². The van der Waals surface area contributed by atoms with Crippen LogP contribution in [0, 0.1) is 6.92 Å². The van der Waals surface area contributed by atoms with Gasteiger partial charge in [0.2, 0.25) is 0 Å². The first-order valence-corrected chi connectivity index (χ1v) is 10.1. The number of carbonyl (C=O) groups excluding carboxylic acids is 1. The maximum absolute atomic E-state index is 13.1. The highest BCUT2D eigenvalue weighted by molar-refractivity contribution is 5.98. The third kappa shape index (κ3) is 3.79. The van der Waals surface area contributed by atoms with Crippen molar-refractivity contribution >= 4 is 22.5 Å². The lowest BCUT2D eigenvalue weighted by atomic mass is 10.1. The summed E-state index contributed by atoms with van der Waals surface area (Å²) in [6.45, 7) is -1.84.